The summed E-state index contributed by atoms with van der Waals surface area (Å²) in [4.78, 5) is 34.7. The van der Waals surface area contributed by atoms with Gasteiger partial charge in [-0.2, -0.15) is 0 Å². The molecule has 3 aromatic carbocycles. The molecule has 150 valence electrons. The summed E-state index contributed by atoms with van der Waals surface area (Å²) in [5, 5.41) is 2.17. The maximum atomic E-state index is 12.6. The van der Waals surface area contributed by atoms with Crippen LogP contribution in [-0.4, -0.2) is 31.6 Å². The van der Waals surface area contributed by atoms with Crippen LogP contribution in [0.5, 0.6) is 0 Å². The highest BCUT2D eigenvalue weighted by molar-refractivity contribution is 5.97. The number of benzene rings is 3. The van der Waals surface area contributed by atoms with Crippen molar-refractivity contribution in [2.24, 2.45) is 0 Å². The van der Waals surface area contributed by atoms with E-state index in [4.69, 9.17) is 9.47 Å². The van der Waals surface area contributed by atoms with Gasteiger partial charge in [0.25, 0.3) is 6.47 Å². The first-order valence-corrected chi connectivity index (χ1v) is 9.40. The smallest absolute Gasteiger partial charge is 0.339 e. The molecule has 1 unspecified atom stereocenters. The molecule has 4 rings (SSSR count). The Bertz CT molecular complexity index is 1120. The van der Waals surface area contributed by atoms with Crippen LogP contribution in [0.2, 0.25) is 0 Å². The average Bonchev–Trinajstić information content (AvgIpc) is 2.79. The normalized spacial score (nSPS) is 14.2. The van der Waals surface area contributed by atoms with E-state index in [1.807, 2.05) is 48.6 Å². The first-order valence-electron chi connectivity index (χ1n) is 9.40. The fourth-order valence-corrected chi connectivity index (χ4v) is 3.41. The fourth-order valence-electron chi connectivity index (χ4n) is 3.41. The maximum absolute atomic E-state index is 12.6. The highest BCUT2D eigenvalue weighted by Crippen LogP contribution is 2.35. The van der Waals surface area contributed by atoms with Gasteiger partial charge in [0, 0.05) is 5.56 Å². The number of rotatable bonds is 7. The Labute approximate surface area is 172 Å². The van der Waals surface area contributed by atoms with E-state index in [1.165, 1.54) is 24.3 Å². The van der Waals surface area contributed by atoms with E-state index in [1.54, 1.807) is 0 Å². The predicted molar refractivity (Wildman–Crippen MR) is 110 cm³/mol. The van der Waals surface area contributed by atoms with Crippen molar-refractivity contribution in [3.8, 4) is 0 Å². The predicted octanol–water partition coefficient (Wildman–Crippen LogP) is 4.09. The molecule has 6 nitrogen and oxygen atoms in total. The quantitative estimate of drug-likeness (QED) is 0.256. The van der Waals surface area contributed by atoms with Crippen molar-refractivity contribution in [2.45, 2.75) is 6.10 Å². The Morgan fingerprint density at radius 3 is 2.30 bits per heavy atom. The van der Waals surface area contributed by atoms with Crippen LogP contribution in [0, 0.1) is 0 Å². The largest absolute Gasteiger partial charge is 0.464 e. The zero-order chi connectivity index (χ0) is 20.9. The molecule has 0 spiro atoms. The first-order chi connectivity index (χ1) is 14.7. The van der Waals surface area contributed by atoms with Crippen molar-refractivity contribution in [3.63, 3.8) is 0 Å². The molecule has 1 aliphatic carbocycles. The van der Waals surface area contributed by atoms with Crippen molar-refractivity contribution in [3.05, 3.63) is 89.0 Å². The molecule has 0 amide bonds. The average molecular weight is 402 g/mol. The molecule has 0 radical (unpaired) electrons. The van der Waals surface area contributed by atoms with Gasteiger partial charge in [-0.15, -0.1) is 0 Å². The summed E-state index contributed by atoms with van der Waals surface area (Å²) >= 11 is 0. The second-order valence-corrected chi connectivity index (χ2v) is 6.66. The molecule has 0 saturated heterocycles. The van der Waals surface area contributed by atoms with E-state index in [9.17, 15) is 14.4 Å². The standard InChI is InChI=1S/C24H18O6/c25-15-28-13-14-29-23(26)18-7-9-19(10-8-18)24(27)30-21-12-11-17-4-1-3-16-5-2-6-20(21)22(16)17/h1-12,15,21H,13-14H2. The van der Waals surface area contributed by atoms with Gasteiger partial charge in [0.15, 0.2) is 0 Å². The molecule has 6 heteroatoms. The van der Waals surface area contributed by atoms with Crippen LogP contribution in [0.1, 0.15) is 37.9 Å². The van der Waals surface area contributed by atoms with Crippen LogP contribution >= 0.6 is 0 Å². The molecule has 0 fully saturated rings. The van der Waals surface area contributed by atoms with Gasteiger partial charge >= 0.3 is 11.9 Å². The summed E-state index contributed by atoms with van der Waals surface area (Å²) in [6, 6.07) is 18.0. The van der Waals surface area contributed by atoms with E-state index in [-0.39, 0.29) is 25.2 Å². The minimum atomic E-state index is -0.567. The number of ether oxygens (including phenoxy) is 3. The SMILES string of the molecule is O=COCCOC(=O)c1ccc(C(=O)OC2C=Cc3cccc4cccc2c34)cc1. The molecular weight excluding hydrogens is 384 g/mol. The number of hydrogen-bond acceptors (Lipinski definition) is 6. The molecule has 0 aliphatic heterocycles. The molecular formula is C24H18O6. The van der Waals surface area contributed by atoms with E-state index in [0.717, 1.165) is 21.9 Å². The first kappa shape index (κ1) is 19.4. The fraction of sp³-hybridized carbons (Fsp3) is 0.125. The Hall–Kier alpha value is -3.93. The summed E-state index contributed by atoms with van der Waals surface area (Å²) in [6.07, 6.45) is 3.33. The number of carbonyl (C=O) groups is 3. The Balaban J connectivity index is 1.45. The second-order valence-electron chi connectivity index (χ2n) is 6.66. The van der Waals surface area contributed by atoms with Gasteiger partial charge in [-0.05, 0) is 46.7 Å². The summed E-state index contributed by atoms with van der Waals surface area (Å²) in [7, 11) is 0. The lowest BCUT2D eigenvalue weighted by Crippen LogP contribution is -2.13. The second kappa shape index (κ2) is 8.61. The third-order valence-corrected chi connectivity index (χ3v) is 4.82. The Kier molecular flexibility index (Phi) is 5.57. The highest BCUT2D eigenvalue weighted by atomic mass is 16.6. The van der Waals surface area contributed by atoms with Crippen molar-refractivity contribution in [1.82, 2.24) is 0 Å². The van der Waals surface area contributed by atoms with Gasteiger partial charge in [-0.25, -0.2) is 9.59 Å². The van der Waals surface area contributed by atoms with Crippen LogP contribution in [0.25, 0.3) is 16.8 Å². The van der Waals surface area contributed by atoms with Crippen LogP contribution < -0.4 is 0 Å². The summed E-state index contributed by atoms with van der Waals surface area (Å²) in [5.74, 6) is -1.05. The monoisotopic (exact) mass is 402 g/mol. The number of esters is 2. The van der Waals surface area contributed by atoms with Crippen LogP contribution in [0.4, 0.5) is 0 Å². The Morgan fingerprint density at radius 1 is 0.867 bits per heavy atom. The summed E-state index contributed by atoms with van der Waals surface area (Å²) < 4.78 is 15.2. The molecule has 30 heavy (non-hydrogen) atoms. The van der Waals surface area contributed by atoms with E-state index in [0.29, 0.717) is 5.56 Å². The van der Waals surface area contributed by atoms with E-state index < -0.39 is 18.0 Å². The van der Waals surface area contributed by atoms with Gasteiger partial charge in [-0.1, -0.05) is 42.5 Å². The van der Waals surface area contributed by atoms with Crippen molar-refractivity contribution in [2.75, 3.05) is 13.2 Å². The minimum absolute atomic E-state index is 0.00949. The molecule has 0 heterocycles. The topological polar surface area (TPSA) is 78.9 Å². The molecule has 1 aliphatic rings. The lowest BCUT2D eigenvalue weighted by Gasteiger charge is -2.21. The summed E-state index contributed by atoms with van der Waals surface area (Å²) in [5.41, 5.74) is 2.65. The molecule has 0 saturated carbocycles. The van der Waals surface area contributed by atoms with Gasteiger partial charge in [-0.3, -0.25) is 4.79 Å². The third kappa shape index (κ3) is 3.93. The van der Waals surface area contributed by atoms with Crippen molar-refractivity contribution in [1.29, 1.82) is 0 Å². The van der Waals surface area contributed by atoms with Crippen LogP contribution in [0.3, 0.4) is 0 Å². The molecule has 1 atom stereocenters. The van der Waals surface area contributed by atoms with Crippen molar-refractivity contribution < 1.29 is 28.6 Å². The summed E-state index contributed by atoms with van der Waals surface area (Å²) in [6.45, 7) is 0.238. The minimum Gasteiger partial charge on any atom is -0.464 e. The van der Waals surface area contributed by atoms with Gasteiger partial charge in [0.1, 0.15) is 19.3 Å². The molecule has 0 bridgehead atoms. The van der Waals surface area contributed by atoms with Gasteiger partial charge < -0.3 is 14.2 Å². The maximum Gasteiger partial charge on any atom is 0.339 e. The molecule has 0 N–H and O–H groups in total. The number of carbonyl (C=O) groups excluding carboxylic acids is 3. The Morgan fingerprint density at radius 2 is 1.57 bits per heavy atom. The molecule has 0 aromatic heterocycles. The van der Waals surface area contributed by atoms with E-state index in [2.05, 4.69) is 4.74 Å². The van der Waals surface area contributed by atoms with Gasteiger partial charge in [0.2, 0.25) is 0 Å². The van der Waals surface area contributed by atoms with Crippen LogP contribution in [-0.2, 0) is 19.0 Å². The van der Waals surface area contributed by atoms with Crippen LogP contribution in [0.15, 0.2) is 66.7 Å². The highest BCUT2D eigenvalue weighted by Gasteiger charge is 2.22. The van der Waals surface area contributed by atoms with Gasteiger partial charge in [0.05, 0.1) is 11.1 Å². The lowest BCUT2D eigenvalue weighted by molar-refractivity contribution is -0.129. The van der Waals surface area contributed by atoms with Crippen molar-refractivity contribution >= 4 is 35.3 Å². The molecule has 3 aromatic rings. The third-order valence-electron chi connectivity index (χ3n) is 4.82. The zero-order valence-electron chi connectivity index (χ0n) is 15.9. The zero-order valence-corrected chi connectivity index (χ0v) is 15.9. The number of hydrogen-bond donors (Lipinski definition) is 0. The van der Waals surface area contributed by atoms with E-state index >= 15 is 0 Å². The lowest BCUT2D eigenvalue weighted by atomic mass is 9.91.